The second kappa shape index (κ2) is 11.4. The van der Waals surface area contributed by atoms with E-state index in [0.29, 0.717) is 11.4 Å². The topological polar surface area (TPSA) is 112 Å². The summed E-state index contributed by atoms with van der Waals surface area (Å²) in [6.45, 7) is 0.219. The zero-order valence-electron chi connectivity index (χ0n) is 20.0. The first-order valence-electron chi connectivity index (χ1n) is 11.3. The molecule has 0 spiro atoms. The summed E-state index contributed by atoms with van der Waals surface area (Å²) in [4.78, 5) is 56.1. The van der Waals surface area contributed by atoms with Crippen molar-refractivity contribution >= 4 is 34.8 Å². The van der Waals surface area contributed by atoms with Crippen molar-refractivity contribution < 1.29 is 38.1 Å². The van der Waals surface area contributed by atoms with E-state index in [1.54, 1.807) is 48.5 Å². The van der Waals surface area contributed by atoms with Crippen LogP contribution in [0.2, 0.25) is 0 Å². The Labute approximate surface area is 208 Å². The van der Waals surface area contributed by atoms with E-state index in [-0.39, 0.29) is 62.2 Å². The summed E-state index contributed by atoms with van der Waals surface area (Å²) in [5, 5.41) is 0. The first kappa shape index (κ1) is 25.4. The Balaban J connectivity index is 1.79. The average molecular weight is 495 g/mol. The van der Waals surface area contributed by atoms with Crippen LogP contribution < -0.4 is 9.80 Å². The van der Waals surface area contributed by atoms with Crippen LogP contribution in [0, 0.1) is 0 Å². The number of hydrogen-bond donors (Lipinski definition) is 0. The van der Waals surface area contributed by atoms with E-state index in [4.69, 9.17) is 18.9 Å². The minimum Gasteiger partial charge on any atom is -0.382 e. The van der Waals surface area contributed by atoms with Crippen LogP contribution in [0.15, 0.2) is 59.9 Å². The third-order valence-corrected chi connectivity index (χ3v) is 5.69. The molecule has 0 fully saturated rings. The Morgan fingerprint density at radius 2 is 1.03 bits per heavy atom. The number of para-hydroxylation sites is 2. The Morgan fingerprint density at radius 3 is 1.42 bits per heavy atom. The maximum atomic E-state index is 13.6. The highest BCUT2D eigenvalue weighted by Crippen LogP contribution is 2.42. The normalized spacial score (nSPS) is 16.5. The summed E-state index contributed by atoms with van der Waals surface area (Å²) in [6.07, 6.45) is 0. The average Bonchev–Trinajstić information content (AvgIpc) is 3.35. The van der Waals surface area contributed by atoms with Gasteiger partial charge in [0.2, 0.25) is 11.6 Å². The molecule has 0 saturated heterocycles. The van der Waals surface area contributed by atoms with Gasteiger partial charge in [-0.15, -0.1) is 0 Å². The lowest BCUT2D eigenvalue weighted by Crippen LogP contribution is -2.39. The number of hydrogen-bond acceptors (Lipinski definition) is 8. The largest absolute Gasteiger partial charge is 0.382 e. The van der Waals surface area contributed by atoms with E-state index < -0.39 is 23.4 Å². The van der Waals surface area contributed by atoms with Crippen LogP contribution in [-0.2, 0) is 28.5 Å². The molecule has 0 radical (unpaired) electrons. The quantitative estimate of drug-likeness (QED) is 0.364. The molecule has 10 heteroatoms. The molecule has 2 aromatic carbocycles. The fraction of sp³-hybridized carbons (Fsp3) is 0.308. The van der Waals surface area contributed by atoms with Gasteiger partial charge in [-0.3, -0.25) is 29.0 Å². The Kier molecular flexibility index (Phi) is 8.01. The van der Waals surface area contributed by atoms with Crippen LogP contribution in [0.4, 0.5) is 11.4 Å². The molecule has 2 aliphatic rings. The van der Waals surface area contributed by atoms with Crippen LogP contribution in [-0.4, -0.2) is 77.2 Å². The van der Waals surface area contributed by atoms with E-state index >= 15 is 0 Å². The van der Waals surface area contributed by atoms with E-state index in [1.807, 2.05) is 0 Å². The molecule has 188 valence electrons. The van der Waals surface area contributed by atoms with E-state index in [9.17, 15) is 19.2 Å². The molecule has 0 N–H and O–H groups in total. The minimum atomic E-state index is -0.556. The smallest absolute Gasteiger partial charge is 0.257 e. The minimum absolute atomic E-state index is 0.172. The SMILES string of the molecule is COCCOCC(=O)N1/C(=C2\C(=O)c3ccccc3N2C(=O)COCCOC)C(=O)c2ccccc21. The molecule has 0 bridgehead atoms. The number of ketones is 2. The summed E-state index contributed by atoms with van der Waals surface area (Å²) in [5.74, 6) is -2.19. The number of rotatable bonds is 10. The molecule has 0 atom stereocenters. The van der Waals surface area contributed by atoms with Crippen molar-refractivity contribution in [1.82, 2.24) is 0 Å². The van der Waals surface area contributed by atoms with Crippen LogP contribution in [0.3, 0.4) is 0 Å². The van der Waals surface area contributed by atoms with Crippen LogP contribution >= 0.6 is 0 Å². The van der Waals surface area contributed by atoms with Crippen molar-refractivity contribution in [2.24, 2.45) is 0 Å². The highest BCUT2D eigenvalue weighted by Gasteiger charge is 2.46. The fourth-order valence-corrected chi connectivity index (χ4v) is 4.10. The summed E-state index contributed by atoms with van der Waals surface area (Å²) in [7, 11) is 3.02. The lowest BCUT2D eigenvalue weighted by Gasteiger charge is -2.24. The van der Waals surface area contributed by atoms with Gasteiger partial charge < -0.3 is 18.9 Å². The van der Waals surface area contributed by atoms with Gasteiger partial charge in [-0.2, -0.15) is 0 Å². The number of allylic oxidation sites excluding steroid dienone is 2. The molecule has 0 aromatic heterocycles. The summed E-state index contributed by atoms with van der Waals surface area (Å²) >= 11 is 0. The number of benzene rings is 2. The number of carbonyl (C=O) groups excluding carboxylic acids is 4. The monoisotopic (exact) mass is 494 g/mol. The molecule has 0 aliphatic carbocycles. The molecule has 2 heterocycles. The van der Waals surface area contributed by atoms with Crippen molar-refractivity contribution in [3.63, 3.8) is 0 Å². The highest BCUT2D eigenvalue weighted by atomic mass is 16.5. The van der Waals surface area contributed by atoms with Gasteiger partial charge in [0.25, 0.3) is 11.8 Å². The second-order valence-corrected chi connectivity index (χ2v) is 7.94. The van der Waals surface area contributed by atoms with E-state index in [0.717, 1.165) is 9.80 Å². The maximum Gasteiger partial charge on any atom is 0.257 e. The number of amides is 2. The van der Waals surface area contributed by atoms with Gasteiger partial charge in [0, 0.05) is 25.3 Å². The molecule has 2 aromatic rings. The van der Waals surface area contributed by atoms with Gasteiger partial charge in [-0.25, -0.2) is 0 Å². The zero-order valence-corrected chi connectivity index (χ0v) is 20.0. The lowest BCUT2D eigenvalue weighted by molar-refractivity contribution is -0.124. The lowest BCUT2D eigenvalue weighted by atomic mass is 10.1. The number of Topliss-reactive ketones (excluding diaryl/α,β-unsaturated/α-hetero) is 2. The van der Waals surface area contributed by atoms with E-state index in [2.05, 4.69) is 0 Å². The summed E-state index contributed by atoms with van der Waals surface area (Å²) in [5.41, 5.74) is 0.747. The van der Waals surface area contributed by atoms with Crippen molar-refractivity contribution in [3.8, 4) is 0 Å². The number of ether oxygens (including phenoxy) is 4. The van der Waals surface area contributed by atoms with Gasteiger partial charge >= 0.3 is 0 Å². The predicted octanol–water partition coefficient (Wildman–Crippen LogP) is 1.98. The maximum absolute atomic E-state index is 13.6. The third-order valence-electron chi connectivity index (χ3n) is 5.69. The number of anilines is 2. The van der Waals surface area contributed by atoms with Crippen molar-refractivity contribution in [2.75, 3.05) is 63.7 Å². The Morgan fingerprint density at radius 1 is 0.639 bits per heavy atom. The first-order valence-corrected chi connectivity index (χ1v) is 11.3. The first-order chi connectivity index (χ1) is 17.5. The molecule has 0 saturated carbocycles. The predicted molar refractivity (Wildman–Crippen MR) is 129 cm³/mol. The van der Waals surface area contributed by atoms with Crippen molar-refractivity contribution in [1.29, 1.82) is 0 Å². The highest BCUT2D eigenvalue weighted by molar-refractivity contribution is 6.34. The van der Waals surface area contributed by atoms with Gasteiger partial charge in [-0.1, -0.05) is 24.3 Å². The van der Waals surface area contributed by atoms with Gasteiger partial charge in [0.05, 0.1) is 37.8 Å². The van der Waals surface area contributed by atoms with Gasteiger partial charge in [0.1, 0.15) is 24.6 Å². The van der Waals surface area contributed by atoms with Crippen molar-refractivity contribution in [2.45, 2.75) is 0 Å². The fourth-order valence-electron chi connectivity index (χ4n) is 4.10. The van der Waals surface area contributed by atoms with Crippen LogP contribution in [0.1, 0.15) is 20.7 Å². The molecular weight excluding hydrogens is 468 g/mol. The standard InChI is InChI=1S/C26H26N2O8/c1-33-11-13-35-15-21(29)27-19-9-5-3-7-17(19)25(31)23(27)24-26(32)18-8-4-6-10-20(18)28(24)22(30)16-36-14-12-34-2/h3-10H,11-16H2,1-2H3/b24-23+. The van der Waals surface area contributed by atoms with Gasteiger partial charge in [0.15, 0.2) is 0 Å². The summed E-state index contributed by atoms with van der Waals surface area (Å²) < 4.78 is 20.7. The van der Waals surface area contributed by atoms with Crippen LogP contribution in [0.5, 0.6) is 0 Å². The molecule has 0 unspecified atom stereocenters. The number of methoxy groups -OCH3 is 2. The van der Waals surface area contributed by atoms with Crippen LogP contribution in [0.25, 0.3) is 0 Å². The second-order valence-electron chi connectivity index (χ2n) is 7.94. The number of carbonyl (C=O) groups is 4. The summed E-state index contributed by atoms with van der Waals surface area (Å²) in [6, 6.07) is 13.1. The molecule has 2 aliphatic heterocycles. The van der Waals surface area contributed by atoms with Crippen molar-refractivity contribution in [3.05, 3.63) is 71.1 Å². The zero-order chi connectivity index (χ0) is 25.7. The molecular formula is C26H26N2O8. The Bertz CT molecular complexity index is 1130. The number of nitrogens with zero attached hydrogens (tertiary/aromatic N) is 2. The molecule has 4 rings (SSSR count). The van der Waals surface area contributed by atoms with E-state index in [1.165, 1.54) is 14.2 Å². The number of fused-ring (bicyclic) bond motifs is 2. The van der Waals surface area contributed by atoms with Gasteiger partial charge in [-0.05, 0) is 24.3 Å². The molecule has 10 nitrogen and oxygen atoms in total. The molecule has 2 amide bonds. The molecule has 36 heavy (non-hydrogen) atoms. The Hall–Kier alpha value is -3.70. The third kappa shape index (κ3) is 4.71.